The first kappa shape index (κ1) is 17.2. The Morgan fingerprint density at radius 3 is 2.68 bits per heavy atom. The molecule has 0 aliphatic heterocycles. The third-order valence-corrected chi connectivity index (χ3v) is 4.50. The Balaban J connectivity index is 1.61. The van der Waals surface area contributed by atoms with Crippen molar-refractivity contribution in [3.05, 3.63) is 63.9 Å². The zero-order chi connectivity index (χ0) is 17.6. The summed E-state index contributed by atoms with van der Waals surface area (Å²) < 4.78 is 10.5. The summed E-state index contributed by atoms with van der Waals surface area (Å²) in [5.74, 6) is 1.66. The normalized spacial score (nSPS) is 10.6. The predicted molar refractivity (Wildman–Crippen MR) is 94.5 cm³/mol. The second-order valence-corrected chi connectivity index (χ2v) is 6.47. The van der Waals surface area contributed by atoms with Crippen LogP contribution in [0.25, 0.3) is 0 Å². The lowest BCUT2D eigenvalue weighted by Crippen LogP contribution is -2.29. The van der Waals surface area contributed by atoms with Crippen molar-refractivity contribution in [2.24, 2.45) is 0 Å². The molecule has 0 spiro atoms. The van der Waals surface area contributed by atoms with E-state index in [4.69, 9.17) is 9.26 Å². The van der Waals surface area contributed by atoms with Crippen LogP contribution in [0.15, 0.2) is 46.3 Å². The highest BCUT2D eigenvalue weighted by Crippen LogP contribution is 2.17. The summed E-state index contributed by atoms with van der Waals surface area (Å²) >= 11 is 1.65. The van der Waals surface area contributed by atoms with Crippen molar-refractivity contribution in [1.82, 2.24) is 15.0 Å². The van der Waals surface area contributed by atoms with Gasteiger partial charge in [-0.15, -0.1) is 11.3 Å². The van der Waals surface area contributed by atoms with E-state index in [9.17, 15) is 4.79 Å². The van der Waals surface area contributed by atoms with E-state index >= 15 is 0 Å². The molecular formula is C18H19N3O3S. The van der Waals surface area contributed by atoms with Crippen molar-refractivity contribution in [1.29, 1.82) is 0 Å². The zero-order valence-electron chi connectivity index (χ0n) is 14.1. The highest BCUT2D eigenvalue weighted by molar-refractivity contribution is 7.09. The van der Waals surface area contributed by atoms with Gasteiger partial charge in [0.2, 0.25) is 11.7 Å². The molecule has 0 N–H and O–H groups in total. The van der Waals surface area contributed by atoms with Crippen LogP contribution in [0.5, 0.6) is 5.75 Å². The summed E-state index contributed by atoms with van der Waals surface area (Å²) in [5, 5.41) is 5.79. The summed E-state index contributed by atoms with van der Waals surface area (Å²) in [6.45, 7) is 5.22. The first-order chi connectivity index (χ1) is 12.2. The number of ether oxygens (including phenoxy) is 1. The van der Waals surface area contributed by atoms with Crippen molar-refractivity contribution in [2.75, 3.05) is 6.54 Å². The van der Waals surface area contributed by atoms with Crippen LogP contribution >= 0.6 is 11.3 Å². The number of amides is 1. The lowest BCUT2D eigenvalue weighted by Gasteiger charge is -2.20. The van der Waals surface area contributed by atoms with Gasteiger partial charge in [-0.25, -0.2) is 0 Å². The predicted octanol–water partition coefficient (Wildman–Crippen LogP) is 3.68. The molecule has 0 aliphatic carbocycles. The topological polar surface area (TPSA) is 68.5 Å². The van der Waals surface area contributed by atoms with Crippen molar-refractivity contribution in [3.8, 4) is 5.75 Å². The Labute approximate surface area is 150 Å². The second-order valence-electron chi connectivity index (χ2n) is 5.44. The fourth-order valence-corrected chi connectivity index (χ4v) is 3.06. The molecule has 0 atom stereocenters. The number of nitrogens with zero attached hydrogens (tertiary/aromatic N) is 3. The maximum Gasteiger partial charge on any atom is 0.254 e. The molecule has 0 saturated carbocycles. The molecular weight excluding hydrogens is 338 g/mol. The van der Waals surface area contributed by atoms with Crippen molar-refractivity contribution in [3.63, 3.8) is 0 Å². The van der Waals surface area contributed by atoms with Gasteiger partial charge in [0.15, 0.2) is 6.61 Å². The minimum Gasteiger partial charge on any atom is -0.485 e. The van der Waals surface area contributed by atoms with E-state index in [0.717, 1.165) is 0 Å². The van der Waals surface area contributed by atoms with E-state index in [-0.39, 0.29) is 12.5 Å². The number of carbonyl (C=O) groups is 1. The molecule has 1 aromatic carbocycles. The Morgan fingerprint density at radius 1 is 1.28 bits per heavy atom. The first-order valence-electron chi connectivity index (χ1n) is 7.99. The lowest BCUT2D eigenvalue weighted by molar-refractivity contribution is 0.0754. The first-order valence-corrected chi connectivity index (χ1v) is 8.87. The molecule has 25 heavy (non-hydrogen) atoms. The van der Waals surface area contributed by atoms with Gasteiger partial charge in [-0.2, -0.15) is 4.98 Å². The summed E-state index contributed by atoms with van der Waals surface area (Å²) in [6, 6.07) is 11.1. The summed E-state index contributed by atoms with van der Waals surface area (Å²) in [5.41, 5.74) is 0.640. The summed E-state index contributed by atoms with van der Waals surface area (Å²) in [6.07, 6.45) is 0. The van der Waals surface area contributed by atoms with Crippen LogP contribution in [0.2, 0.25) is 0 Å². The largest absolute Gasteiger partial charge is 0.485 e. The highest BCUT2D eigenvalue weighted by Gasteiger charge is 2.15. The van der Waals surface area contributed by atoms with E-state index in [1.807, 2.05) is 29.3 Å². The molecule has 2 heterocycles. The third kappa shape index (κ3) is 4.45. The van der Waals surface area contributed by atoms with E-state index in [1.165, 1.54) is 4.88 Å². The molecule has 130 valence electrons. The molecule has 0 aliphatic rings. The molecule has 0 unspecified atom stereocenters. The molecule has 3 rings (SSSR count). The van der Waals surface area contributed by atoms with Crippen LogP contribution in [0.3, 0.4) is 0 Å². The van der Waals surface area contributed by atoms with Gasteiger partial charge in [0.05, 0.1) is 6.54 Å². The van der Waals surface area contributed by atoms with Crippen LogP contribution in [-0.2, 0) is 13.2 Å². The average Bonchev–Trinajstić information content (AvgIpc) is 3.29. The maximum absolute atomic E-state index is 12.7. The Hall–Kier alpha value is -2.67. The fraction of sp³-hybridized carbons (Fsp3) is 0.278. The number of hydrogen-bond acceptors (Lipinski definition) is 6. The SMILES string of the molecule is CCN(Cc1cccs1)C(=O)c1ccc(OCc2noc(C)n2)cc1. The Morgan fingerprint density at radius 2 is 2.08 bits per heavy atom. The molecule has 0 fully saturated rings. The molecule has 0 saturated heterocycles. The minimum absolute atomic E-state index is 0.0104. The van der Waals surface area contributed by atoms with Crippen LogP contribution in [0, 0.1) is 6.92 Å². The standard InChI is InChI=1S/C18H19N3O3S/c1-3-21(11-16-5-4-10-25-16)18(22)14-6-8-15(9-7-14)23-12-17-19-13(2)24-20-17/h4-10H,3,11-12H2,1-2H3. The number of rotatable bonds is 7. The number of aryl methyl sites for hydroxylation is 1. The van der Waals surface area contributed by atoms with Crippen molar-refractivity contribution < 1.29 is 14.1 Å². The Kier molecular flexibility index (Phi) is 5.45. The van der Waals surface area contributed by atoms with Crippen molar-refractivity contribution >= 4 is 17.2 Å². The Bertz CT molecular complexity index is 812. The third-order valence-electron chi connectivity index (χ3n) is 3.63. The van der Waals surface area contributed by atoms with Gasteiger partial charge < -0.3 is 14.2 Å². The average molecular weight is 357 g/mol. The molecule has 1 amide bonds. The van der Waals surface area contributed by atoms with E-state index < -0.39 is 0 Å². The number of thiophene rings is 1. The summed E-state index contributed by atoms with van der Waals surface area (Å²) in [7, 11) is 0. The molecule has 3 aromatic rings. The van der Waals surface area contributed by atoms with E-state index in [1.54, 1.807) is 42.5 Å². The van der Waals surface area contributed by atoms with Gasteiger partial charge in [-0.3, -0.25) is 4.79 Å². The summed E-state index contributed by atoms with van der Waals surface area (Å²) in [4.78, 5) is 19.7. The molecule has 2 aromatic heterocycles. The fourth-order valence-electron chi connectivity index (χ4n) is 2.34. The van der Waals surface area contributed by atoms with Crippen LogP contribution in [-0.4, -0.2) is 27.5 Å². The monoisotopic (exact) mass is 357 g/mol. The molecule has 6 nitrogen and oxygen atoms in total. The van der Waals surface area contributed by atoms with Crippen LogP contribution in [0.1, 0.15) is 33.9 Å². The smallest absolute Gasteiger partial charge is 0.254 e. The number of aromatic nitrogens is 2. The number of hydrogen-bond donors (Lipinski definition) is 0. The van der Waals surface area contributed by atoms with E-state index in [2.05, 4.69) is 10.1 Å². The van der Waals surface area contributed by atoms with Gasteiger partial charge in [-0.05, 0) is 42.6 Å². The van der Waals surface area contributed by atoms with Gasteiger partial charge in [0, 0.05) is 23.9 Å². The van der Waals surface area contributed by atoms with Gasteiger partial charge >= 0.3 is 0 Å². The number of benzene rings is 1. The van der Waals surface area contributed by atoms with E-state index in [0.29, 0.717) is 36.1 Å². The van der Waals surface area contributed by atoms with Gasteiger partial charge in [0.25, 0.3) is 5.91 Å². The quantitative estimate of drug-likeness (QED) is 0.645. The second kappa shape index (κ2) is 7.94. The maximum atomic E-state index is 12.7. The lowest BCUT2D eigenvalue weighted by atomic mass is 10.2. The highest BCUT2D eigenvalue weighted by atomic mass is 32.1. The van der Waals surface area contributed by atoms with Crippen molar-refractivity contribution in [2.45, 2.75) is 27.0 Å². The molecule has 7 heteroatoms. The van der Waals surface area contributed by atoms with Crippen LogP contribution < -0.4 is 4.74 Å². The van der Waals surface area contributed by atoms with Crippen LogP contribution in [0.4, 0.5) is 0 Å². The minimum atomic E-state index is 0.0104. The molecule has 0 radical (unpaired) electrons. The number of carbonyl (C=O) groups excluding carboxylic acids is 1. The van der Waals surface area contributed by atoms with Gasteiger partial charge in [0.1, 0.15) is 5.75 Å². The molecule has 0 bridgehead atoms. The zero-order valence-corrected chi connectivity index (χ0v) is 15.0. The van der Waals surface area contributed by atoms with Gasteiger partial charge in [-0.1, -0.05) is 11.2 Å².